The second-order valence-electron chi connectivity index (χ2n) is 9.28. The van der Waals surface area contributed by atoms with Gasteiger partial charge in [0.05, 0.1) is 5.39 Å². The molecule has 7 rings (SSSR count). The van der Waals surface area contributed by atoms with E-state index in [9.17, 15) is 21.6 Å². The van der Waals surface area contributed by atoms with Crippen molar-refractivity contribution in [3.63, 3.8) is 0 Å². The molecule has 1 heterocycles. The molecule has 0 aliphatic heterocycles. The molecule has 0 aliphatic carbocycles. The van der Waals surface area contributed by atoms with Crippen LogP contribution in [0.25, 0.3) is 65.4 Å². The Morgan fingerprint density at radius 1 is 0.564 bits per heavy atom. The topological polar surface area (TPSA) is 56.5 Å². The molecule has 1 aromatic heterocycles. The van der Waals surface area contributed by atoms with E-state index in [1.807, 2.05) is 36.4 Å². The minimum atomic E-state index is -5.86. The molecule has 0 fully saturated rings. The van der Waals surface area contributed by atoms with E-state index in [-0.39, 0.29) is 11.0 Å². The van der Waals surface area contributed by atoms with Crippen LogP contribution >= 0.6 is 0 Å². The first kappa shape index (κ1) is 23.5. The molecule has 0 saturated carbocycles. The van der Waals surface area contributed by atoms with Crippen LogP contribution in [-0.2, 0) is 10.1 Å². The number of benzene rings is 6. The molecule has 0 saturated heterocycles. The van der Waals surface area contributed by atoms with Gasteiger partial charge in [0.2, 0.25) is 0 Å². The zero-order chi connectivity index (χ0) is 26.9. The number of rotatable bonds is 3. The van der Waals surface area contributed by atoms with Crippen LogP contribution < -0.4 is 4.18 Å². The summed E-state index contributed by atoms with van der Waals surface area (Å²) in [5.74, 6) is -0.447. The molecule has 4 nitrogen and oxygen atoms in total. The predicted molar refractivity (Wildman–Crippen MR) is 147 cm³/mol. The lowest BCUT2D eigenvalue weighted by molar-refractivity contribution is -0.0499. The van der Waals surface area contributed by atoms with Crippen LogP contribution in [0.3, 0.4) is 0 Å². The van der Waals surface area contributed by atoms with Gasteiger partial charge < -0.3 is 8.60 Å². The Kier molecular flexibility index (Phi) is 4.96. The van der Waals surface area contributed by atoms with Crippen LogP contribution in [0, 0.1) is 0 Å². The molecule has 8 heteroatoms. The van der Waals surface area contributed by atoms with Crippen molar-refractivity contribution in [3.8, 4) is 16.9 Å². The smallest absolute Gasteiger partial charge is 0.456 e. The summed E-state index contributed by atoms with van der Waals surface area (Å²) in [5, 5.41) is 7.33. The highest BCUT2D eigenvalue weighted by molar-refractivity contribution is 7.88. The van der Waals surface area contributed by atoms with Gasteiger partial charge in [0.25, 0.3) is 0 Å². The average Bonchev–Trinajstić information content (AvgIpc) is 3.31. The zero-order valence-electron chi connectivity index (χ0n) is 20.0. The van der Waals surface area contributed by atoms with Crippen molar-refractivity contribution < 1.29 is 30.2 Å². The highest BCUT2D eigenvalue weighted by atomic mass is 32.2. The van der Waals surface area contributed by atoms with Crippen molar-refractivity contribution in [2.24, 2.45) is 0 Å². The monoisotopic (exact) mass is 542 g/mol. The van der Waals surface area contributed by atoms with Gasteiger partial charge in [0, 0.05) is 5.39 Å². The Bertz CT molecular complexity index is 2180. The quantitative estimate of drug-likeness (QED) is 0.127. The molecular weight excluding hydrogens is 525 g/mol. The van der Waals surface area contributed by atoms with Crippen LogP contribution in [0.1, 0.15) is 0 Å². The van der Waals surface area contributed by atoms with Crippen LogP contribution in [0.15, 0.2) is 108 Å². The maximum Gasteiger partial charge on any atom is 0.534 e. The summed E-state index contributed by atoms with van der Waals surface area (Å²) in [7, 11) is -5.86. The van der Waals surface area contributed by atoms with Gasteiger partial charge in [-0.25, -0.2) is 0 Å². The zero-order valence-corrected chi connectivity index (χ0v) is 20.8. The molecular formula is C31H17F3O4S. The van der Waals surface area contributed by atoms with Crippen molar-refractivity contribution >= 4 is 64.4 Å². The standard InChI is InChI=1S/C31H17F3O4S/c32-31(33,34)39(35,36)38-29-11-5-10-28-30(29)26-17-19(13-15-27(26)37-28)18-12-14-24-22-8-2-1-6-20(22)21-7-3-4-9-23(21)25(24)16-18/h1-17H. The molecule has 0 spiro atoms. The number of alkyl halides is 3. The van der Waals surface area contributed by atoms with E-state index < -0.39 is 21.4 Å². The highest BCUT2D eigenvalue weighted by Crippen LogP contribution is 2.41. The first-order valence-electron chi connectivity index (χ1n) is 12.0. The van der Waals surface area contributed by atoms with E-state index in [0.717, 1.165) is 38.1 Å². The molecule has 0 atom stereocenters. The first-order chi connectivity index (χ1) is 18.7. The largest absolute Gasteiger partial charge is 0.534 e. The summed E-state index contributed by atoms with van der Waals surface area (Å²) >= 11 is 0. The Balaban J connectivity index is 1.45. The molecule has 7 aromatic rings. The van der Waals surface area contributed by atoms with E-state index in [0.29, 0.717) is 11.0 Å². The van der Waals surface area contributed by atoms with E-state index in [1.165, 1.54) is 17.5 Å². The molecule has 0 N–H and O–H groups in total. The summed E-state index contributed by atoms with van der Waals surface area (Å²) in [5.41, 5.74) is -3.27. The third kappa shape index (κ3) is 3.63. The highest BCUT2D eigenvalue weighted by Gasteiger charge is 2.48. The molecule has 0 radical (unpaired) electrons. The first-order valence-corrected chi connectivity index (χ1v) is 13.4. The fraction of sp³-hybridized carbons (Fsp3) is 0.0323. The maximum atomic E-state index is 13.0. The van der Waals surface area contributed by atoms with Gasteiger partial charge in [0.15, 0.2) is 5.75 Å². The Morgan fingerprint density at radius 2 is 1.10 bits per heavy atom. The molecule has 6 aromatic carbocycles. The third-order valence-electron chi connectivity index (χ3n) is 7.02. The van der Waals surface area contributed by atoms with Gasteiger partial charge in [-0.2, -0.15) is 21.6 Å². The van der Waals surface area contributed by atoms with Crippen LogP contribution in [0.4, 0.5) is 13.2 Å². The fourth-order valence-corrected chi connectivity index (χ4v) is 5.77. The fourth-order valence-electron chi connectivity index (χ4n) is 5.30. The van der Waals surface area contributed by atoms with Gasteiger partial charge in [-0.3, -0.25) is 0 Å². The lowest BCUT2D eigenvalue weighted by Crippen LogP contribution is -2.28. The summed E-state index contributed by atoms with van der Waals surface area (Å²) < 4.78 is 73.0. The normalized spacial score (nSPS) is 12.7. The number of furan rings is 1. The lowest BCUT2D eigenvalue weighted by atomic mass is 9.92. The predicted octanol–water partition coefficient (Wildman–Crippen LogP) is 8.94. The summed E-state index contributed by atoms with van der Waals surface area (Å²) in [4.78, 5) is 0. The number of hydrogen-bond acceptors (Lipinski definition) is 4. The Labute approximate surface area is 220 Å². The van der Waals surface area contributed by atoms with Gasteiger partial charge >= 0.3 is 15.6 Å². The van der Waals surface area contributed by atoms with E-state index in [2.05, 4.69) is 40.6 Å². The van der Waals surface area contributed by atoms with E-state index in [1.54, 1.807) is 18.2 Å². The molecule has 0 aliphatic rings. The lowest BCUT2D eigenvalue weighted by Gasteiger charge is -2.12. The van der Waals surface area contributed by atoms with Gasteiger partial charge in [0.1, 0.15) is 11.2 Å². The van der Waals surface area contributed by atoms with Crippen molar-refractivity contribution in [2.75, 3.05) is 0 Å². The van der Waals surface area contributed by atoms with Crippen molar-refractivity contribution in [2.45, 2.75) is 5.51 Å². The summed E-state index contributed by atoms with van der Waals surface area (Å²) in [6.07, 6.45) is 0. The second-order valence-corrected chi connectivity index (χ2v) is 10.8. The average molecular weight is 543 g/mol. The molecule has 0 bridgehead atoms. The molecule has 192 valence electrons. The van der Waals surface area contributed by atoms with Gasteiger partial charge in [-0.05, 0) is 73.8 Å². The minimum absolute atomic E-state index is 0.152. The number of halogens is 3. The molecule has 0 unspecified atom stereocenters. The summed E-state index contributed by atoms with van der Waals surface area (Å²) in [6, 6.07) is 32.1. The Morgan fingerprint density at radius 3 is 1.72 bits per heavy atom. The number of hydrogen-bond donors (Lipinski definition) is 0. The summed E-state index contributed by atoms with van der Waals surface area (Å²) in [6.45, 7) is 0. The van der Waals surface area contributed by atoms with Crippen molar-refractivity contribution in [3.05, 3.63) is 103 Å². The molecule has 0 amide bonds. The van der Waals surface area contributed by atoms with Crippen molar-refractivity contribution in [1.29, 1.82) is 0 Å². The van der Waals surface area contributed by atoms with Crippen LogP contribution in [-0.4, -0.2) is 13.9 Å². The van der Waals surface area contributed by atoms with Gasteiger partial charge in [-0.15, -0.1) is 0 Å². The van der Waals surface area contributed by atoms with E-state index in [4.69, 9.17) is 4.42 Å². The third-order valence-corrected chi connectivity index (χ3v) is 7.98. The SMILES string of the molecule is O=S(=O)(Oc1cccc2oc3ccc(-c4ccc5c6ccccc6c6ccccc6c5c4)cc3c12)C(F)(F)F. The minimum Gasteiger partial charge on any atom is -0.456 e. The van der Waals surface area contributed by atoms with Gasteiger partial charge in [-0.1, -0.05) is 72.8 Å². The van der Waals surface area contributed by atoms with Crippen LogP contribution in [0.5, 0.6) is 5.75 Å². The number of fused-ring (bicyclic) bond motifs is 9. The van der Waals surface area contributed by atoms with Crippen molar-refractivity contribution in [1.82, 2.24) is 0 Å². The second kappa shape index (κ2) is 8.22. The maximum absolute atomic E-state index is 13.0. The van der Waals surface area contributed by atoms with E-state index >= 15 is 0 Å². The Hall–Kier alpha value is -4.56. The molecule has 39 heavy (non-hydrogen) atoms. The van der Waals surface area contributed by atoms with Crippen LogP contribution in [0.2, 0.25) is 0 Å².